The van der Waals surface area contributed by atoms with E-state index < -0.39 is 0 Å². The van der Waals surface area contributed by atoms with Gasteiger partial charge < -0.3 is 0 Å². The molecule has 0 saturated heterocycles. The maximum Gasteiger partial charge on any atom is 0.265 e. The monoisotopic (exact) mass is 458 g/mol. The van der Waals surface area contributed by atoms with Crippen LogP contribution in [0.5, 0.6) is 0 Å². The van der Waals surface area contributed by atoms with Gasteiger partial charge in [0.2, 0.25) is 0 Å². The van der Waals surface area contributed by atoms with Crippen molar-refractivity contribution in [3.8, 4) is 0 Å². The third-order valence-corrected chi connectivity index (χ3v) is 6.12. The van der Waals surface area contributed by atoms with Crippen molar-refractivity contribution in [2.75, 3.05) is 0 Å². The van der Waals surface area contributed by atoms with Crippen molar-refractivity contribution in [1.29, 1.82) is 0 Å². The van der Waals surface area contributed by atoms with Crippen LogP contribution in [0.25, 0.3) is 33.2 Å². The Kier molecular flexibility index (Phi) is 5.15. The maximum atomic E-state index is 13.8. The number of hydrogen-bond donors (Lipinski definition) is 0. The van der Waals surface area contributed by atoms with E-state index in [1.807, 2.05) is 79.7 Å². The van der Waals surface area contributed by atoms with E-state index in [0.29, 0.717) is 34.6 Å². The van der Waals surface area contributed by atoms with Crippen LogP contribution in [0.1, 0.15) is 17.0 Å². The van der Waals surface area contributed by atoms with Gasteiger partial charge in [-0.25, -0.2) is 15.0 Å². The number of aryl methyl sites for hydroxylation is 2. The third kappa shape index (κ3) is 3.77. The van der Waals surface area contributed by atoms with E-state index in [1.165, 1.54) is 5.56 Å². The van der Waals surface area contributed by atoms with Crippen molar-refractivity contribution in [3.63, 3.8) is 0 Å². The normalized spacial score (nSPS) is 11.8. The Balaban J connectivity index is 1.58. The van der Waals surface area contributed by atoms with E-state index in [-0.39, 0.29) is 5.56 Å². The average Bonchev–Trinajstić information content (AvgIpc) is 3.19. The van der Waals surface area contributed by atoms with Gasteiger partial charge in [0.1, 0.15) is 16.7 Å². The number of fused-ring (bicyclic) bond motifs is 4. The van der Waals surface area contributed by atoms with Crippen molar-refractivity contribution in [2.24, 2.45) is 5.10 Å². The molecule has 35 heavy (non-hydrogen) atoms. The van der Waals surface area contributed by atoms with Crippen LogP contribution in [0.4, 0.5) is 0 Å². The molecule has 0 N–H and O–H groups in total. The first-order valence-electron chi connectivity index (χ1n) is 11.5. The molecule has 7 heteroatoms. The van der Waals surface area contributed by atoms with E-state index in [4.69, 9.17) is 15.0 Å². The number of nitrogens with zero attached hydrogens (tertiary/aromatic N) is 6. The lowest BCUT2D eigenvalue weighted by molar-refractivity contribution is 0.636. The molecule has 170 valence electrons. The van der Waals surface area contributed by atoms with Gasteiger partial charge >= 0.3 is 0 Å². The summed E-state index contributed by atoms with van der Waals surface area (Å²) in [7, 11) is 0. The summed E-state index contributed by atoms with van der Waals surface area (Å²) < 4.78 is 3.35. The standard InChI is InChI=1S/C28H22N6O/c1-19-30-26-24(28(35)33(19)17-16-20-10-4-2-5-11-20)25-27(32-23-15-9-8-14-22(23)31-25)34(26)29-18-21-12-6-3-7-13-21/h2-15,18H,16-17H2,1H3/b29-18+. The van der Waals surface area contributed by atoms with E-state index >= 15 is 0 Å². The van der Waals surface area contributed by atoms with E-state index in [9.17, 15) is 4.79 Å². The number of benzene rings is 3. The molecule has 3 aromatic heterocycles. The fourth-order valence-electron chi connectivity index (χ4n) is 4.34. The largest absolute Gasteiger partial charge is 0.296 e. The smallest absolute Gasteiger partial charge is 0.265 e. The van der Waals surface area contributed by atoms with Gasteiger partial charge in [-0.1, -0.05) is 72.8 Å². The molecule has 0 aliphatic rings. The lowest BCUT2D eigenvalue weighted by Crippen LogP contribution is -2.25. The minimum Gasteiger partial charge on any atom is -0.296 e. The highest BCUT2D eigenvalue weighted by molar-refractivity contribution is 6.05. The highest BCUT2D eigenvalue weighted by atomic mass is 16.1. The van der Waals surface area contributed by atoms with Gasteiger partial charge in [0.05, 0.1) is 17.2 Å². The molecule has 0 atom stereocenters. The molecule has 0 spiro atoms. The minimum absolute atomic E-state index is 0.133. The summed E-state index contributed by atoms with van der Waals surface area (Å²) in [4.78, 5) is 28.3. The fraction of sp³-hybridized carbons (Fsp3) is 0.107. The van der Waals surface area contributed by atoms with E-state index in [2.05, 4.69) is 17.2 Å². The van der Waals surface area contributed by atoms with Crippen molar-refractivity contribution in [3.05, 3.63) is 112 Å². The lowest BCUT2D eigenvalue weighted by Gasteiger charge is -2.10. The highest BCUT2D eigenvalue weighted by Crippen LogP contribution is 2.25. The van der Waals surface area contributed by atoms with Gasteiger partial charge in [-0.05, 0) is 36.6 Å². The molecule has 3 heterocycles. The molecular weight excluding hydrogens is 436 g/mol. The minimum atomic E-state index is -0.133. The first-order valence-corrected chi connectivity index (χ1v) is 11.5. The van der Waals surface area contributed by atoms with Crippen molar-refractivity contribution < 1.29 is 0 Å². The van der Waals surface area contributed by atoms with Gasteiger partial charge in [0.25, 0.3) is 5.56 Å². The third-order valence-electron chi connectivity index (χ3n) is 6.12. The van der Waals surface area contributed by atoms with Gasteiger partial charge in [-0.3, -0.25) is 9.36 Å². The van der Waals surface area contributed by atoms with Gasteiger partial charge in [0, 0.05) is 6.54 Å². The number of rotatable bonds is 5. The molecular formula is C28H22N6O. The Morgan fingerprint density at radius 3 is 2.20 bits per heavy atom. The van der Waals surface area contributed by atoms with Gasteiger partial charge in [-0.2, -0.15) is 9.78 Å². The first kappa shape index (κ1) is 20.9. The van der Waals surface area contributed by atoms with Crippen LogP contribution in [-0.4, -0.2) is 30.4 Å². The molecule has 0 aliphatic carbocycles. The summed E-state index contributed by atoms with van der Waals surface area (Å²) in [5.41, 5.74) is 4.91. The number of aromatic nitrogens is 5. The molecule has 0 bridgehead atoms. The average molecular weight is 459 g/mol. The molecule has 0 amide bonds. The van der Waals surface area contributed by atoms with Crippen molar-refractivity contribution >= 4 is 39.4 Å². The van der Waals surface area contributed by atoms with Crippen LogP contribution in [0.15, 0.2) is 94.8 Å². The van der Waals surface area contributed by atoms with Crippen LogP contribution in [0.3, 0.4) is 0 Å². The topological polar surface area (TPSA) is 78.0 Å². The highest BCUT2D eigenvalue weighted by Gasteiger charge is 2.21. The quantitative estimate of drug-likeness (QED) is 0.350. The van der Waals surface area contributed by atoms with Crippen LogP contribution >= 0.6 is 0 Å². The molecule has 0 unspecified atom stereocenters. The SMILES string of the molecule is Cc1nc2c(c(=O)n1CCc1ccccc1)c1nc3ccccc3nc1n2/N=C/c1ccccc1. The second-order valence-electron chi connectivity index (χ2n) is 8.40. The zero-order valence-corrected chi connectivity index (χ0v) is 19.2. The van der Waals surface area contributed by atoms with Crippen LogP contribution in [0.2, 0.25) is 0 Å². The molecule has 6 aromatic rings. The second-order valence-corrected chi connectivity index (χ2v) is 8.40. The summed E-state index contributed by atoms with van der Waals surface area (Å²) >= 11 is 0. The maximum absolute atomic E-state index is 13.8. The summed E-state index contributed by atoms with van der Waals surface area (Å²) in [5, 5.41) is 5.12. The van der Waals surface area contributed by atoms with Crippen molar-refractivity contribution in [2.45, 2.75) is 19.9 Å². The zero-order valence-electron chi connectivity index (χ0n) is 19.2. The van der Waals surface area contributed by atoms with E-state index in [0.717, 1.165) is 23.0 Å². The first-order chi connectivity index (χ1) is 17.2. The predicted octanol–water partition coefficient (Wildman–Crippen LogP) is 4.73. The predicted molar refractivity (Wildman–Crippen MR) is 139 cm³/mol. The molecule has 6 rings (SSSR count). The fourth-order valence-corrected chi connectivity index (χ4v) is 4.34. The van der Waals surface area contributed by atoms with Gasteiger partial charge in [-0.15, -0.1) is 0 Å². The summed E-state index contributed by atoms with van der Waals surface area (Å²) in [6, 6.07) is 27.6. The molecule has 3 aromatic carbocycles. The zero-order chi connectivity index (χ0) is 23.8. The van der Waals surface area contributed by atoms with Gasteiger partial charge in [0.15, 0.2) is 11.3 Å². The lowest BCUT2D eigenvalue weighted by atomic mass is 10.1. The molecule has 0 aliphatic heterocycles. The second kappa shape index (κ2) is 8.61. The number of hydrogen-bond acceptors (Lipinski definition) is 5. The summed E-state index contributed by atoms with van der Waals surface area (Å²) in [6.07, 6.45) is 2.47. The Morgan fingerprint density at radius 1 is 0.800 bits per heavy atom. The summed E-state index contributed by atoms with van der Waals surface area (Å²) in [6.45, 7) is 2.38. The molecule has 0 saturated carbocycles. The van der Waals surface area contributed by atoms with Crippen LogP contribution in [0, 0.1) is 6.92 Å². The Bertz CT molecular complexity index is 1770. The Labute approximate surface area is 201 Å². The van der Waals surface area contributed by atoms with Crippen molar-refractivity contribution in [1.82, 2.24) is 24.2 Å². The van der Waals surface area contributed by atoms with E-state index in [1.54, 1.807) is 15.5 Å². The Morgan fingerprint density at radius 2 is 1.46 bits per heavy atom. The van der Waals surface area contributed by atoms with Crippen LogP contribution < -0.4 is 5.56 Å². The summed E-state index contributed by atoms with van der Waals surface area (Å²) in [5.74, 6) is 0.627. The Hall–Kier alpha value is -4.65. The molecule has 0 fully saturated rings. The number of para-hydroxylation sites is 2. The molecule has 7 nitrogen and oxygen atoms in total. The van der Waals surface area contributed by atoms with Crippen LogP contribution in [-0.2, 0) is 13.0 Å². The molecule has 0 radical (unpaired) electrons.